The van der Waals surface area contributed by atoms with Crippen molar-refractivity contribution in [1.82, 2.24) is 9.97 Å². The van der Waals surface area contributed by atoms with E-state index < -0.39 is 11.6 Å². The standard InChI is InChI=1S/C13H12ClF2N3/c1-2-11-12(16)13(19-7-18-11)17-6-8-3-4-10(15)9(14)5-8/h3-5,7H,2,6H2,1H3,(H,17,18,19). The second-order valence-electron chi connectivity index (χ2n) is 3.94. The van der Waals surface area contributed by atoms with E-state index in [0.29, 0.717) is 18.7 Å². The summed E-state index contributed by atoms with van der Waals surface area (Å²) in [6.45, 7) is 2.12. The van der Waals surface area contributed by atoms with Crippen LogP contribution in [0.25, 0.3) is 0 Å². The Labute approximate surface area is 114 Å². The van der Waals surface area contributed by atoms with Crippen LogP contribution in [0.1, 0.15) is 18.2 Å². The molecule has 0 bridgehead atoms. The topological polar surface area (TPSA) is 37.8 Å². The molecule has 6 heteroatoms. The van der Waals surface area contributed by atoms with Crippen molar-refractivity contribution in [3.05, 3.63) is 52.4 Å². The molecule has 1 aromatic heterocycles. The molecule has 2 aromatic rings. The summed E-state index contributed by atoms with van der Waals surface area (Å²) in [6, 6.07) is 4.34. The fraction of sp³-hybridized carbons (Fsp3) is 0.231. The Morgan fingerprint density at radius 3 is 2.74 bits per heavy atom. The van der Waals surface area contributed by atoms with E-state index in [4.69, 9.17) is 11.6 Å². The van der Waals surface area contributed by atoms with Gasteiger partial charge in [0, 0.05) is 6.54 Å². The lowest BCUT2D eigenvalue weighted by Crippen LogP contribution is -2.07. The first-order valence-corrected chi connectivity index (χ1v) is 6.16. The molecule has 1 aromatic carbocycles. The van der Waals surface area contributed by atoms with Gasteiger partial charge in [-0.05, 0) is 24.1 Å². The first-order valence-electron chi connectivity index (χ1n) is 5.79. The predicted molar refractivity (Wildman–Crippen MR) is 70.1 cm³/mol. The van der Waals surface area contributed by atoms with E-state index >= 15 is 0 Å². The van der Waals surface area contributed by atoms with E-state index in [2.05, 4.69) is 15.3 Å². The van der Waals surface area contributed by atoms with Crippen LogP contribution in [0.3, 0.4) is 0 Å². The van der Waals surface area contributed by atoms with Crippen molar-refractivity contribution >= 4 is 17.4 Å². The van der Waals surface area contributed by atoms with E-state index in [0.717, 1.165) is 5.56 Å². The summed E-state index contributed by atoms with van der Waals surface area (Å²) in [7, 11) is 0. The lowest BCUT2D eigenvalue weighted by molar-refractivity contribution is 0.596. The van der Waals surface area contributed by atoms with Gasteiger partial charge in [0.25, 0.3) is 0 Å². The maximum atomic E-state index is 13.8. The fourth-order valence-corrected chi connectivity index (χ4v) is 1.81. The molecule has 0 atom stereocenters. The van der Waals surface area contributed by atoms with Gasteiger partial charge in [0.05, 0.1) is 10.7 Å². The summed E-state index contributed by atoms with van der Waals surface area (Å²) in [4.78, 5) is 7.68. The molecule has 100 valence electrons. The first kappa shape index (κ1) is 13.7. The highest BCUT2D eigenvalue weighted by molar-refractivity contribution is 6.30. The highest BCUT2D eigenvalue weighted by Crippen LogP contribution is 2.18. The normalized spacial score (nSPS) is 10.5. The minimum Gasteiger partial charge on any atom is -0.363 e. The quantitative estimate of drug-likeness (QED) is 0.932. The van der Waals surface area contributed by atoms with Gasteiger partial charge in [-0.1, -0.05) is 24.6 Å². The van der Waals surface area contributed by atoms with Gasteiger partial charge in [-0.25, -0.2) is 18.7 Å². The molecule has 0 saturated heterocycles. The monoisotopic (exact) mass is 283 g/mol. The summed E-state index contributed by atoms with van der Waals surface area (Å²) in [5.41, 5.74) is 1.09. The average Bonchev–Trinajstić information content (AvgIpc) is 2.41. The van der Waals surface area contributed by atoms with Crippen molar-refractivity contribution in [2.75, 3.05) is 5.32 Å². The third-order valence-electron chi connectivity index (χ3n) is 2.64. The molecule has 19 heavy (non-hydrogen) atoms. The van der Waals surface area contributed by atoms with E-state index in [9.17, 15) is 8.78 Å². The Hall–Kier alpha value is -1.75. The largest absolute Gasteiger partial charge is 0.363 e. The van der Waals surface area contributed by atoms with Crippen molar-refractivity contribution in [2.45, 2.75) is 19.9 Å². The number of nitrogens with one attached hydrogen (secondary N) is 1. The van der Waals surface area contributed by atoms with Gasteiger partial charge < -0.3 is 5.32 Å². The fourth-order valence-electron chi connectivity index (χ4n) is 1.61. The molecule has 0 radical (unpaired) electrons. The highest BCUT2D eigenvalue weighted by Gasteiger charge is 2.09. The van der Waals surface area contributed by atoms with Gasteiger partial charge in [-0.15, -0.1) is 0 Å². The number of nitrogens with zero attached hydrogens (tertiary/aromatic N) is 2. The molecule has 1 heterocycles. The maximum Gasteiger partial charge on any atom is 0.186 e. The summed E-state index contributed by atoms with van der Waals surface area (Å²) in [5, 5.41) is 2.88. The number of hydrogen-bond donors (Lipinski definition) is 1. The molecule has 1 N–H and O–H groups in total. The molecule has 0 fully saturated rings. The Balaban J connectivity index is 2.12. The second-order valence-corrected chi connectivity index (χ2v) is 4.35. The third-order valence-corrected chi connectivity index (χ3v) is 2.93. The van der Waals surface area contributed by atoms with E-state index in [1.165, 1.54) is 18.5 Å². The van der Waals surface area contributed by atoms with Gasteiger partial charge in [0.1, 0.15) is 12.1 Å². The molecule has 0 aliphatic rings. The van der Waals surface area contributed by atoms with Crippen molar-refractivity contribution in [2.24, 2.45) is 0 Å². The van der Waals surface area contributed by atoms with Gasteiger partial charge >= 0.3 is 0 Å². The van der Waals surface area contributed by atoms with Crippen LogP contribution in [0, 0.1) is 11.6 Å². The summed E-state index contributed by atoms with van der Waals surface area (Å²) < 4.78 is 26.8. The van der Waals surface area contributed by atoms with Gasteiger partial charge in [0.15, 0.2) is 11.6 Å². The van der Waals surface area contributed by atoms with Crippen LogP contribution in [-0.4, -0.2) is 9.97 Å². The molecule has 0 aliphatic heterocycles. The summed E-state index contributed by atoms with van der Waals surface area (Å²) in [5.74, 6) is -0.808. The lowest BCUT2D eigenvalue weighted by Gasteiger charge is -2.08. The van der Waals surface area contributed by atoms with Gasteiger partial charge in [-0.3, -0.25) is 0 Å². The molecular formula is C13H12ClF2N3. The number of halogens is 3. The molecule has 0 aliphatic carbocycles. The summed E-state index contributed by atoms with van der Waals surface area (Å²) >= 11 is 5.67. The van der Waals surface area contributed by atoms with Crippen LogP contribution < -0.4 is 5.32 Å². The smallest absolute Gasteiger partial charge is 0.186 e. The number of rotatable bonds is 4. The van der Waals surface area contributed by atoms with E-state index in [1.807, 2.05) is 6.92 Å². The number of hydrogen-bond acceptors (Lipinski definition) is 3. The zero-order valence-electron chi connectivity index (χ0n) is 10.3. The average molecular weight is 284 g/mol. The van der Waals surface area contributed by atoms with Crippen LogP contribution in [0.2, 0.25) is 5.02 Å². The minimum atomic E-state index is -0.480. The van der Waals surface area contributed by atoms with Crippen LogP contribution >= 0.6 is 11.6 Å². The first-order chi connectivity index (χ1) is 9.11. The van der Waals surface area contributed by atoms with Crippen LogP contribution in [-0.2, 0) is 13.0 Å². The van der Waals surface area contributed by atoms with Crippen molar-refractivity contribution in [1.29, 1.82) is 0 Å². The molecular weight excluding hydrogens is 272 g/mol. The Morgan fingerprint density at radius 2 is 2.05 bits per heavy atom. The molecule has 0 spiro atoms. The molecule has 0 amide bonds. The number of aromatic nitrogens is 2. The van der Waals surface area contributed by atoms with Gasteiger partial charge in [0.2, 0.25) is 0 Å². The Bertz CT molecular complexity index is 590. The van der Waals surface area contributed by atoms with Crippen LogP contribution in [0.15, 0.2) is 24.5 Å². The van der Waals surface area contributed by atoms with Crippen LogP contribution in [0.5, 0.6) is 0 Å². The SMILES string of the molecule is CCc1ncnc(NCc2ccc(F)c(Cl)c2)c1F. The molecule has 0 unspecified atom stereocenters. The second kappa shape index (κ2) is 5.93. The van der Waals surface area contributed by atoms with Gasteiger partial charge in [-0.2, -0.15) is 0 Å². The summed E-state index contributed by atoms with van der Waals surface area (Å²) in [6.07, 6.45) is 1.80. The van der Waals surface area contributed by atoms with Crippen molar-refractivity contribution in [3.8, 4) is 0 Å². The number of aryl methyl sites for hydroxylation is 1. The lowest BCUT2D eigenvalue weighted by atomic mass is 10.2. The zero-order valence-corrected chi connectivity index (χ0v) is 11.0. The number of anilines is 1. The van der Waals surface area contributed by atoms with E-state index in [1.54, 1.807) is 6.07 Å². The Kier molecular flexibility index (Phi) is 4.27. The zero-order chi connectivity index (χ0) is 13.8. The highest BCUT2D eigenvalue weighted by atomic mass is 35.5. The Morgan fingerprint density at radius 1 is 1.26 bits per heavy atom. The molecule has 0 saturated carbocycles. The molecule has 3 nitrogen and oxygen atoms in total. The molecule has 2 rings (SSSR count). The third kappa shape index (κ3) is 3.17. The minimum absolute atomic E-state index is 0.0386. The van der Waals surface area contributed by atoms with Crippen molar-refractivity contribution in [3.63, 3.8) is 0 Å². The maximum absolute atomic E-state index is 13.8. The predicted octanol–water partition coefficient (Wildman–Crippen LogP) is 3.58. The van der Waals surface area contributed by atoms with Crippen LogP contribution in [0.4, 0.5) is 14.6 Å². The number of benzene rings is 1. The van der Waals surface area contributed by atoms with E-state index in [-0.39, 0.29) is 10.8 Å². The van der Waals surface area contributed by atoms with Crippen molar-refractivity contribution < 1.29 is 8.78 Å².